The van der Waals surface area contributed by atoms with Crippen LogP contribution >= 0.6 is 11.6 Å². The lowest BCUT2D eigenvalue weighted by atomic mass is 10.1. The van der Waals surface area contributed by atoms with Crippen LogP contribution in [-0.4, -0.2) is 50.5 Å². The monoisotopic (exact) mass is 551 g/mol. The second-order valence-corrected chi connectivity index (χ2v) is 10.3. The Kier molecular flexibility index (Phi) is 9.72. The number of hydrogen-bond donors (Lipinski definition) is 1. The number of anilines is 1. The van der Waals surface area contributed by atoms with Gasteiger partial charge in [-0.2, -0.15) is 13.2 Å². The average Bonchev–Trinajstić information content (AvgIpc) is 2.78. The van der Waals surface area contributed by atoms with Crippen molar-refractivity contribution in [2.24, 2.45) is 0 Å². The molecule has 7 nitrogen and oxygen atoms in total. The van der Waals surface area contributed by atoms with Crippen molar-refractivity contribution >= 4 is 39.1 Å². The lowest BCUT2D eigenvalue weighted by molar-refractivity contribution is -0.139. The van der Waals surface area contributed by atoms with Crippen LogP contribution in [0.1, 0.15) is 31.4 Å². The van der Waals surface area contributed by atoms with E-state index in [9.17, 15) is 35.6 Å². The Morgan fingerprint density at radius 1 is 1.14 bits per heavy atom. The largest absolute Gasteiger partial charge is 0.417 e. The average molecular weight is 552 g/mol. The van der Waals surface area contributed by atoms with Gasteiger partial charge in [-0.1, -0.05) is 36.7 Å². The molecule has 1 N–H and O–H groups in total. The predicted molar refractivity (Wildman–Crippen MR) is 128 cm³/mol. The first-order valence-corrected chi connectivity index (χ1v) is 13.0. The highest BCUT2D eigenvalue weighted by atomic mass is 35.5. The maximum Gasteiger partial charge on any atom is 0.417 e. The molecule has 1 unspecified atom stereocenters. The van der Waals surface area contributed by atoms with Crippen molar-refractivity contribution in [1.29, 1.82) is 0 Å². The van der Waals surface area contributed by atoms with E-state index in [1.54, 1.807) is 0 Å². The van der Waals surface area contributed by atoms with Gasteiger partial charge in [-0.05, 0) is 37.6 Å². The summed E-state index contributed by atoms with van der Waals surface area (Å²) in [4.78, 5) is 26.9. The summed E-state index contributed by atoms with van der Waals surface area (Å²) in [6.07, 6.45) is -3.54. The summed E-state index contributed by atoms with van der Waals surface area (Å²) >= 11 is 5.64. The predicted octanol–water partition coefficient (Wildman–Crippen LogP) is 4.21. The molecule has 2 aromatic rings. The Bertz CT molecular complexity index is 1210. The lowest BCUT2D eigenvalue weighted by Crippen LogP contribution is -2.51. The molecule has 0 bridgehead atoms. The van der Waals surface area contributed by atoms with Crippen molar-refractivity contribution in [2.45, 2.75) is 39.0 Å². The Morgan fingerprint density at radius 3 is 2.33 bits per heavy atom. The topological polar surface area (TPSA) is 86.8 Å². The molecule has 13 heteroatoms. The van der Waals surface area contributed by atoms with Gasteiger partial charge in [0.2, 0.25) is 21.8 Å². The van der Waals surface area contributed by atoms with Crippen molar-refractivity contribution < 1.29 is 35.6 Å². The van der Waals surface area contributed by atoms with E-state index in [0.717, 1.165) is 29.4 Å². The third-order valence-electron chi connectivity index (χ3n) is 5.24. The molecular formula is C23H26ClF4N3O4S. The molecule has 36 heavy (non-hydrogen) atoms. The van der Waals surface area contributed by atoms with Gasteiger partial charge in [-0.3, -0.25) is 13.9 Å². The second kappa shape index (κ2) is 11.9. The number of sulfonamides is 1. The maximum absolute atomic E-state index is 14.3. The number of amides is 2. The summed E-state index contributed by atoms with van der Waals surface area (Å²) in [5, 5.41) is 1.97. The van der Waals surface area contributed by atoms with Crippen LogP contribution in [0.15, 0.2) is 42.5 Å². The smallest absolute Gasteiger partial charge is 0.354 e. The highest BCUT2D eigenvalue weighted by molar-refractivity contribution is 7.92. The van der Waals surface area contributed by atoms with Gasteiger partial charge < -0.3 is 10.2 Å². The van der Waals surface area contributed by atoms with Gasteiger partial charge in [-0.25, -0.2) is 12.8 Å². The van der Waals surface area contributed by atoms with E-state index in [2.05, 4.69) is 5.32 Å². The molecule has 0 spiro atoms. The number of hydrogen-bond acceptors (Lipinski definition) is 4. The molecule has 0 aromatic heterocycles. The standard InChI is InChI=1S/C23H26ClF4N3O4S/c1-4-11-29-22(33)15(2)30(13-16-7-5-6-8-20(16)25)21(32)14-31(36(3,34)35)17-9-10-19(24)18(12-17)23(26,27)28/h5-10,12,15H,4,11,13-14H2,1-3H3,(H,29,33). The van der Waals surface area contributed by atoms with Crippen LogP contribution in [0.3, 0.4) is 0 Å². The summed E-state index contributed by atoms with van der Waals surface area (Å²) in [5.41, 5.74) is -1.66. The minimum Gasteiger partial charge on any atom is -0.354 e. The van der Waals surface area contributed by atoms with Gasteiger partial charge in [0, 0.05) is 18.7 Å². The summed E-state index contributed by atoms with van der Waals surface area (Å²) in [6, 6.07) is 6.82. The van der Waals surface area contributed by atoms with E-state index in [0.29, 0.717) is 23.3 Å². The molecule has 0 fully saturated rings. The fourth-order valence-electron chi connectivity index (χ4n) is 3.29. The third kappa shape index (κ3) is 7.57. The zero-order valence-electron chi connectivity index (χ0n) is 19.8. The zero-order chi connectivity index (χ0) is 27.3. The van der Waals surface area contributed by atoms with Gasteiger partial charge in [0.15, 0.2) is 0 Å². The van der Waals surface area contributed by atoms with Crippen LogP contribution in [0.4, 0.5) is 23.2 Å². The SMILES string of the molecule is CCCNC(=O)C(C)N(Cc1ccccc1F)C(=O)CN(c1ccc(Cl)c(C(F)(F)F)c1)S(C)(=O)=O. The molecule has 198 valence electrons. The van der Waals surface area contributed by atoms with Crippen LogP contribution < -0.4 is 9.62 Å². The van der Waals surface area contributed by atoms with Gasteiger partial charge in [0.25, 0.3) is 0 Å². The Labute approximate surface area is 212 Å². The highest BCUT2D eigenvalue weighted by Crippen LogP contribution is 2.37. The molecular weight excluding hydrogens is 526 g/mol. The molecule has 2 aromatic carbocycles. The van der Waals surface area contributed by atoms with Gasteiger partial charge in [0.05, 0.1) is 22.5 Å². The van der Waals surface area contributed by atoms with Crippen LogP contribution in [0.5, 0.6) is 0 Å². The fourth-order valence-corrected chi connectivity index (χ4v) is 4.35. The summed E-state index contributed by atoms with van der Waals surface area (Å²) in [5.74, 6) is -2.13. The third-order valence-corrected chi connectivity index (χ3v) is 6.71. The van der Waals surface area contributed by atoms with E-state index in [-0.39, 0.29) is 12.1 Å². The van der Waals surface area contributed by atoms with E-state index < -0.39 is 62.7 Å². The van der Waals surface area contributed by atoms with Crippen molar-refractivity contribution in [3.8, 4) is 0 Å². The van der Waals surface area contributed by atoms with E-state index in [1.165, 1.54) is 25.1 Å². The molecule has 0 aliphatic heterocycles. The van der Waals surface area contributed by atoms with Crippen LogP contribution in [-0.2, 0) is 32.3 Å². The Balaban J connectivity index is 2.48. The minimum atomic E-state index is -4.87. The maximum atomic E-state index is 14.3. The number of nitrogens with one attached hydrogen (secondary N) is 1. The van der Waals surface area contributed by atoms with Crippen molar-refractivity contribution in [1.82, 2.24) is 10.2 Å². The van der Waals surface area contributed by atoms with Gasteiger partial charge in [-0.15, -0.1) is 0 Å². The molecule has 0 aliphatic carbocycles. The zero-order valence-corrected chi connectivity index (χ0v) is 21.3. The quantitative estimate of drug-likeness (QED) is 0.448. The van der Waals surface area contributed by atoms with E-state index >= 15 is 0 Å². The summed E-state index contributed by atoms with van der Waals surface area (Å²) in [6.45, 7) is 2.21. The molecule has 2 rings (SSSR count). The van der Waals surface area contributed by atoms with E-state index in [4.69, 9.17) is 11.6 Å². The molecule has 0 saturated heterocycles. The highest BCUT2D eigenvalue weighted by Gasteiger charge is 2.35. The Morgan fingerprint density at radius 2 is 1.78 bits per heavy atom. The molecule has 0 saturated carbocycles. The first kappa shape index (κ1) is 29.4. The molecule has 0 aliphatic rings. The summed E-state index contributed by atoms with van der Waals surface area (Å²) < 4.78 is 79.8. The number of alkyl halides is 3. The number of rotatable bonds is 10. The van der Waals surface area contributed by atoms with Crippen LogP contribution in [0, 0.1) is 5.82 Å². The van der Waals surface area contributed by atoms with Crippen molar-refractivity contribution in [3.63, 3.8) is 0 Å². The molecule has 2 amide bonds. The number of nitrogens with zero attached hydrogens (tertiary/aromatic N) is 2. The van der Waals surface area contributed by atoms with Crippen LogP contribution in [0.25, 0.3) is 0 Å². The number of benzene rings is 2. The first-order chi connectivity index (χ1) is 16.7. The Hall–Kier alpha value is -2.86. The fraction of sp³-hybridized carbons (Fsp3) is 0.391. The minimum absolute atomic E-state index is 0.0674. The second-order valence-electron chi connectivity index (χ2n) is 8.01. The van der Waals surface area contributed by atoms with Crippen molar-refractivity contribution in [3.05, 3.63) is 64.4 Å². The number of carbonyl (C=O) groups excluding carboxylic acids is 2. The normalized spacial score (nSPS) is 12.7. The first-order valence-electron chi connectivity index (χ1n) is 10.8. The number of halogens is 5. The van der Waals surface area contributed by atoms with Crippen molar-refractivity contribution in [2.75, 3.05) is 23.7 Å². The molecule has 0 radical (unpaired) electrons. The van der Waals surface area contributed by atoms with Crippen LogP contribution in [0.2, 0.25) is 5.02 Å². The van der Waals surface area contributed by atoms with Gasteiger partial charge >= 0.3 is 6.18 Å². The molecule has 0 heterocycles. The van der Waals surface area contributed by atoms with E-state index in [1.807, 2.05) is 6.92 Å². The van der Waals surface area contributed by atoms with Gasteiger partial charge in [0.1, 0.15) is 18.4 Å². The summed E-state index contributed by atoms with van der Waals surface area (Å²) in [7, 11) is -4.26. The number of carbonyl (C=O) groups is 2. The molecule has 1 atom stereocenters. The lowest BCUT2D eigenvalue weighted by Gasteiger charge is -2.31.